The van der Waals surface area contributed by atoms with Crippen molar-refractivity contribution in [3.63, 3.8) is 0 Å². The van der Waals surface area contributed by atoms with Crippen molar-refractivity contribution in [2.45, 2.75) is 19.8 Å². The van der Waals surface area contributed by atoms with Gasteiger partial charge in [0.2, 0.25) is 0 Å². The molecule has 2 rings (SSSR count). The number of hydrogen-bond donors (Lipinski definition) is 1. The first-order chi connectivity index (χ1) is 8.76. The van der Waals surface area contributed by atoms with Crippen molar-refractivity contribution in [2.24, 2.45) is 0 Å². The highest BCUT2D eigenvalue weighted by atomic mass is 16.5. The van der Waals surface area contributed by atoms with Gasteiger partial charge in [0.1, 0.15) is 12.0 Å². The van der Waals surface area contributed by atoms with Gasteiger partial charge in [0.25, 0.3) is 0 Å². The lowest BCUT2D eigenvalue weighted by molar-refractivity contribution is 0.415. The van der Waals surface area contributed by atoms with Crippen LogP contribution >= 0.6 is 0 Å². The minimum atomic E-state index is 0.364. The zero-order valence-electron chi connectivity index (χ0n) is 10.7. The molecule has 18 heavy (non-hydrogen) atoms. The Labute approximate surface area is 107 Å². The minimum absolute atomic E-state index is 0.364. The third kappa shape index (κ3) is 2.42. The van der Waals surface area contributed by atoms with Crippen LogP contribution in [-0.2, 0) is 6.42 Å². The average molecular weight is 243 g/mol. The summed E-state index contributed by atoms with van der Waals surface area (Å²) < 4.78 is 5.28. The molecule has 1 aromatic heterocycles. The van der Waals surface area contributed by atoms with E-state index in [2.05, 4.69) is 29.0 Å². The van der Waals surface area contributed by atoms with Gasteiger partial charge in [-0.25, -0.2) is 9.97 Å². The zero-order valence-corrected chi connectivity index (χ0v) is 10.7. The fraction of sp³-hybridized carbons (Fsp3) is 0.286. The van der Waals surface area contributed by atoms with Gasteiger partial charge in [-0.15, -0.1) is 0 Å². The summed E-state index contributed by atoms with van der Waals surface area (Å²) in [5.74, 6) is 0.898. The van der Waals surface area contributed by atoms with Crippen LogP contribution in [0.3, 0.4) is 0 Å². The topological polar surface area (TPSA) is 61.0 Å². The molecule has 0 aliphatic rings. The number of nitrogens with two attached hydrogens (primary N) is 1. The summed E-state index contributed by atoms with van der Waals surface area (Å²) in [6.07, 6.45) is 3.63. The Kier molecular flexibility index (Phi) is 3.77. The second kappa shape index (κ2) is 5.49. The van der Waals surface area contributed by atoms with Gasteiger partial charge in [0.05, 0.1) is 7.11 Å². The standard InChI is InChI=1S/C14H17N3O/c1-3-5-10-6-4-7-11(8-10)12-13(18-2)14(15)17-9-16-12/h4,6-9H,3,5H2,1-2H3,(H2,15,16,17). The number of nitrogens with zero attached hydrogens (tertiary/aromatic N) is 2. The summed E-state index contributed by atoms with van der Waals surface area (Å²) in [4.78, 5) is 8.20. The molecule has 0 spiro atoms. The van der Waals surface area contributed by atoms with Crippen LogP contribution in [0.1, 0.15) is 18.9 Å². The number of aryl methyl sites for hydroxylation is 1. The quantitative estimate of drug-likeness (QED) is 0.896. The van der Waals surface area contributed by atoms with Crippen LogP contribution in [0.5, 0.6) is 5.75 Å². The SMILES string of the molecule is CCCc1cccc(-c2ncnc(N)c2OC)c1. The lowest BCUT2D eigenvalue weighted by Gasteiger charge is -2.10. The predicted octanol–water partition coefficient (Wildman–Crippen LogP) is 2.69. The van der Waals surface area contributed by atoms with Crippen LogP contribution in [0.4, 0.5) is 5.82 Å². The third-order valence-electron chi connectivity index (χ3n) is 2.77. The number of hydrogen-bond acceptors (Lipinski definition) is 4. The van der Waals surface area contributed by atoms with Crippen LogP contribution in [0.25, 0.3) is 11.3 Å². The molecule has 4 heteroatoms. The first-order valence-electron chi connectivity index (χ1n) is 6.00. The number of ether oxygens (including phenoxy) is 1. The van der Waals surface area contributed by atoms with Crippen molar-refractivity contribution < 1.29 is 4.74 Å². The van der Waals surface area contributed by atoms with E-state index in [0.717, 1.165) is 24.1 Å². The molecule has 0 amide bonds. The lowest BCUT2D eigenvalue weighted by atomic mass is 10.0. The molecule has 2 aromatic rings. The van der Waals surface area contributed by atoms with Crippen LogP contribution in [0.2, 0.25) is 0 Å². The van der Waals surface area contributed by atoms with Crippen molar-refractivity contribution in [1.29, 1.82) is 0 Å². The van der Waals surface area contributed by atoms with Crippen LogP contribution < -0.4 is 10.5 Å². The summed E-state index contributed by atoms with van der Waals surface area (Å²) in [6, 6.07) is 8.26. The molecule has 0 unspecified atom stereocenters. The van der Waals surface area contributed by atoms with E-state index in [1.165, 1.54) is 11.9 Å². The highest BCUT2D eigenvalue weighted by Crippen LogP contribution is 2.31. The van der Waals surface area contributed by atoms with E-state index in [9.17, 15) is 0 Å². The maximum absolute atomic E-state index is 5.79. The number of benzene rings is 1. The first-order valence-corrected chi connectivity index (χ1v) is 6.00. The van der Waals surface area contributed by atoms with Gasteiger partial charge in [0, 0.05) is 5.56 Å². The van der Waals surface area contributed by atoms with Crippen LogP contribution in [0, 0.1) is 0 Å². The Bertz CT molecular complexity index is 540. The second-order valence-electron chi connectivity index (χ2n) is 4.09. The Hall–Kier alpha value is -2.10. The molecule has 0 saturated heterocycles. The van der Waals surface area contributed by atoms with Crippen LogP contribution in [0.15, 0.2) is 30.6 Å². The van der Waals surface area contributed by atoms with Gasteiger partial charge in [0.15, 0.2) is 11.6 Å². The summed E-state index contributed by atoms with van der Waals surface area (Å²) in [5.41, 5.74) is 8.82. The Balaban J connectivity index is 2.48. The van der Waals surface area contributed by atoms with Crippen molar-refractivity contribution in [3.8, 4) is 17.0 Å². The molecule has 0 radical (unpaired) electrons. The molecule has 0 aliphatic carbocycles. The third-order valence-corrected chi connectivity index (χ3v) is 2.77. The molecule has 0 atom stereocenters. The molecule has 1 heterocycles. The van der Waals surface area contributed by atoms with Crippen molar-refractivity contribution in [2.75, 3.05) is 12.8 Å². The highest BCUT2D eigenvalue weighted by molar-refractivity contribution is 5.71. The molecule has 4 nitrogen and oxygen atoms in total. The molecule has 0 aliphatic heterocycles. The lowest BCUT2D eigenvalue weighted by Crippen LogP contribution is -2.00. The van der Waals surface area contributed by atoms with Gasteiger partial charge in [-0.05, 0) is 18.1 Å². The molecular formula is C14H17N3O. The fourth-order valence-corrected chi connectivity index (χ4v) is 1.96. The van der Waals surface area contributed by atoms with Crippen molar-refractivity contribution in [1.82, 2.24) is 9.97 Å². The van der Waals surface area contributed by atoms with E-state index in [0.29, 0.717) is 11.6 Å². The minimum Gasteiger partial charge on any atom is -0.491 e. The summed E-state index contributed by atoms with van der Waals surface area (Å²) in [5, 5.41) is 0. The van der Waals surface area contributed by atoms with E-state index in [-0.39, 0.29) is 0 Å². The molecule has 1 aromatic carbocycles. The molecule has 94 valence electrons. The highest BCUT2D eigenvalue weighted by Gasteiger charge is 2.11. The summed E-state index contributed by atoms with van der Waals surface area (Å²) >= 11 is 0. The number of rotatable bonds is 4. The molecule has 0 bridgehead atoms. The molecule has 0 saturated carbocycles. The first kappa shape index (κ1) is 12.4. The monoisotopic (exact) mass is 243 g/mol. The number of anilines is 1. The van der Waals surface area contributed by atoms with Gasteiger partial charge >= 0.3 is 0 Å². The summed E-state index contributed by atoms with van der Waals surface area (Å²) in [7, 11) is 1.58. The van der Waals surface area contributed by atoms with Crippen molar-refractivity contribution >= 4 is 5.82 Å². The predicted molar refractivity (Wildman–Crippen MR) is 72.4 cm³/mol. The Morgan fingerprint density at radius 2 is 2.11 bits per heavy atom. The van der Waals surface area contributed by atoms with E-state index in [1.807, 2.05) is 12.1 Å². The van der Waals surface area contributed by atoms with Gasteiger partial charge < -0.3 is 10.5 Å². The smallest absolute Gasteiger partial charge is 0.187 e. The van der Waals surface area contributed by atoms with E-state index < -0.39 is 0 Å². The van der Waals surface area contributed by atoms with Gasteiger partial charge in [-0.1, -0.05) is 31.5 Å². The van der Waals surface area contributed by atoms with E-state index in [1.54, 1.807) is 7.11 Å². The molecule has 0 fully saturated rings. The largest absolute Gasteiger partial charge is 0.491 e. The van der Waals surface area contributed by atoms with Gasteiger partial charge in [-0.2, -0.15) is 0 Å². The maximum Gasteiger partial charge on any atom is 0.187 e. The maximum atomic E-state index is 5.79. The molecule has 2 N–H and O–H groups in total. The number of aromatic nitrogens is 2. The fourth-order valence-electron chi connectivity index (χ4n) is 1.96. The Morgan fingerprint density at radius 1 is 1.28 bits per heavy atom. The second-order valence-corrected chi connectivity index (χ2v) is 4.09. The number of nitrogen functional groups attached to an aromatic ring is 1. The Morgan fingerprint density at radius 3 is 2.83 bits per heavy atom. The van der Waals surface area contributed by atoms with E-state index >= 15 is 0 Å². The summed E-state index contributed by atoms with van der Waals surface area (Å²) in [6.45, 7) is 2.16. The number of methoxy groups -OCH3 is 1. The molecular weight excluding hydrogens is 226 g/mol. The average Bonchev–Trinajstić information content (AvgIpc) is 2.39. The van der Waals surface area contributed by atoms with Gasteiger partial charge in [-0.3, -0.25) is 0 Å². The zero-order chi connectivity index (χ0) is 13.0. The normalized spacial score (nSPS) is 10.3. The van der Waals surface area contributed by atoms with Crippen LogP contribution in [-0.4, -0.2) is 17.1 Å². The van der Waals surface area contributed by atoms with E-state index in [4.69, 9.17) is 10.5 Å². The van der Waals surface area contributed by atoms with Crippen molar-refractivity contribution in [3.05, 3.63) is 36.2 Å².